The number of methoxy groups -OCH3 is 2. The molecule has 0 bridgehead atoms. The highest BCUT2D eigenvalue weighted by Crippen LogP contribution is 2.44. The zero-order valence-corrected chi connectivity index (χ0v) is 27.0. The number of rotatable bonds is 12. The molecule has 1 unspecified atom stereocenters. The molecule has 1 fully saturated rings. The van der Waals surface area contributed by atoms with Crippen molar-refractivity contribution in [3.8, 4) is 17.2 Å². The molecule has 0 aliphatic carbocycles. The third-order valence-corrected chi connectivity index (χ3v) is 8.61. The summed E-state index contributed by atoms with van der Waals surface area (Å²) in [7, 11) is 3.01. The molecule has 4 aromatic rings. The molecule has 1 aromatic heterocycles. The van der Waals surface area contributed by atoms with Crippen LogP contribution in [0.3, 0.4) is 0 Å². The largest absolute Gasteiger partial charge is 0.496 e. The van der Waals surface area contributed by atoms with Gasteiger partial charge in [-0.2, -0.15) is 13.2 Å². The Balaban J connectivity index is 1.36. The van der Waals surface area contributed by atoms with E-state index < -0.39 is 18.3 Å². The number of para-hydroxylation sites is 1. The van der Waals surface area contributed by atoms with Crippen LogP contribution >= 0.6 is 0 Å². The normalized spacial score (nSPS) is 15.5. The molecule has 1 aliphatic rings. The Hall–Kier alpha value is -4.73. The highest BCUT2D eigenvalue weighted by atomic mass is 19.4. The molecule has 5 rings (SSSR count). The zero-order chi connectivity index (χ0) is 34.5. The summed E-state index contributed by atoms with van der Waals surface area (Å²) < 4.78 is 68.6. The van der Waals surface area contributed by atoms with E-state index >= 15 is 0 Å². The fourth-order valence-corrected chi connectivity index (χ4v) is 6.14. The average Bonchev–Trinajstić information content (AvgIpc) is 3.43. The van der Waals surface area contributed by atoms with Crippen molar-refractivity contribution < 1.29 is 42.0 Å². The minimum Gasteiger partial charge on any atom is -0.496 e. The molecule has 3 aromatic carbocycles. The Morgan fingerprint density at radius 3 is 2.40 bits per heavy atom. The van der Waals surface area contributed by atoms with Crippen LogP contribution in [-0.2, 0) is 28.1 Å². The molecular weight excluding hydrogens is 627 g/mol. The first-order valence-corrected chi connectivity index (χ1v) is 15.6. The summed E-state index contributed by atoms with van der Waals surface area (Å²) >= 11 is 0. The summed E-state index contributed by atoms with van der Waals surface area (Å²) in [6, 6.07) is 16.8. The second kappa shape index (κ2) is 14.6. The molecule has 1 saturated heterocycles. The molecule has 1 aliphatic heterocycles. The lowest BCUT2D eigenvalue weighted by atomic mass is 9.91. The molecular formula is C36H38F3N3O6. The number of carbonyl (C=O) groups is 1. The first-order valence-electron chi connectivity index (χ1n) is 15.6. The van der Waals surface area contributed by atoms with Gasteiger partial charge >= 0.3 is 12.1 Å². The first-order chi connectivity index (χ1) is 23.0. The lowest BCUT2D eigenvalue weighted by Gasteiger charge is -2.39. The van der Waals surface area contributed by atoms with E-state index in [-0.39, 0.29) is 61.4 Å². The minimum atomic E-state index is -5.00. The summed E-state index contributed by atoms with van der Waals surface area (Å²) in [6.07, 6.45) is -3.02. The number of nitrogens with zero attached hydrogens (tertiary/aromatic N) is 3. The number of alkyl halides is 3. The van der Waals surface area contributed by atoms with Gasteiger partial charge in [-0.1, -0.05) is 36.4 Å². The van der Waals surface area contributed by atoms with E-state index in [0.717, 1.165) is 5.56 Å². The Labute approximate surface area is 277 Å². The maximum atomic E-state index is 15.0. The van der Waals surface area contributed by atoms with E-state index in [1.165, 1.54) is 32.5 Å². The van der Waals surface area contributed by atoms with Crippen LogP contribution in [0, 0.1) is 6.57 Å². The fraction of sp³-hybridized carbons (Fsp3) is 0.389. The molecule has 9 nitrogen and oxygen atoms in total. The van der Waals surface area contributed by atoms with Crippen LogP contribution in [0.4, 0.5) is 18.9 Å². The Morgan fingerprint density at radius 1 is 1.00 bits per heavy atom. The first kappa shape index (κ1) is 34.6. The van der Waals surface area contributed by atoms with Crippen molar-refractivity contribution >= 4 is 22.6 Å². The Kier molecular flexibility index (Phi) is 10.5. The number of benzene rings is 3. The average molecular weight is 666 g/mol. The van der Waals surface area contributed by atoms with E-state index in [0.29, 0.717) is 41.2 Å². The van der Waals surface area contributed by atoms with Gasteiger partial charge in [0.25, 0.3) is 0 Å². The van der Waals surface area contributed by atoms with Crippen molar-refractivity contribution in [2.24, 2.45) is 0 Å². The quantitative estimate of drug-likeness (QED) is 0.134. The number of β-amino-alcohol motifs (C(OH)–C–C–N with tert-alkyl or cyclic N) is 1. The number of esters is 1. The van der Waals surface area contributed by atoms with Gasteiger partial charge in [0.2, 0.25) is 5.60 Å². The molecule has 12 heteroatoms. The lowest BCUT2D eigenvalue weighted by molar-refractivity contribution is -0.272. The van der Waals surface area contributed by atoms with Crippen LogP contribution in [-0.4, -0.2) is 73.3 Å². The highest BCUT2D eigenvalue weighted by Gasteiger charge is 2.57. The second-order valence-electron chi connectivity index (χ2n) is 11.7. The Morgan fingerprint density at radius 2 is 1.73 bits per heavy atom. The number of ether oxygens (including phenoxy) is 4. The third-order valence-electron chi connectivity index (χ3n) is 8.61. The van der Waals surface area contributed by atoms with Gasteiger partial charge in [0.05, 0.1) is 40.4 Å². The van der Waals surface area contributed by atoms with Crippen molar-refractivity contribution in [3.63, 3.8) is 0 Å². The van der Waals surface area contributed by atoms with Crippen molar-refractivity contribution in [1.29, 1.82) is 0 Å². The summed E-state index contributed by atoms with van der Waals surface area (Å²) in [5, 5.41) is 11.8. The number of aromatic nitrogens is 1. The third kappa shape index (κ3) is 7.37. The smallest absolute Gasteiger partial charge is 0.422 e. The zero-order valence-electron chi connectivity index (χ0n) is 27.0. The number of likely N-dealkylation sites (tertiary alicyclic amines) is 1. The summed E-state index contributed by atoms with van der Waals surface area (Å²) in [5.41, 5.74) is -1.35. The molecule has 0 spiro atoms. The SMILES string of the molecule is [C-]#[N+]c1ccc2c(C(O)(CN3CCC(Oc4ccc(CC(=O)OCC)cc4OC)CC3)C(F)(F)F)cn(Cc3ccccc3OC)c2c1. The van der Waals surface area contributed by atoms with E-state index in [1.807, 2.05) is 12.1 Å². The predicted molar refractivity (Wildman–Crippen MR) is 174 cm³/mol. The lowest BCUT2D eigenvalue weighted by Crippen LogP contribution is -2.53. The number of piperidine rings is 1. The number of aliphatic hydroxyl groups is 1. The Bertz CT molecular complexity index is 1790. The van der Waals surface area contributed by atoms with Crippen LogP contribution in [0.2, 0.25) is 0 Å². The van der Waals surface area contributed by atoms with Gasteiger partial charge in [0.15, 0.2) is 17.2 Å². The van der Waals surface area contributed by atoms with Gasteiger partial charge < -0.3 is 28.6 Å². The molecule has 48 heavy (non-hydrogen) atoms. The standard InChI is InChI=1S/C36H38F3N3O6/c1-5-47-34(43)19-24-10-13-32(33(18-24)46-4)48-27-14-16-41(17-15-27)23-35(44,36(37,38)39)29-22-42(21-25-8-6-7-9-31(25)45-3)30-20-26(40-2)11-12-28(29)30/h6-13,18,20,22,27,44H,5,14-17,19,21,23H2,1,3-4H3. The number of halogens is 3. The molecule has 1 atom stereocenters. The molecule has 254 valence electrons. The molecule has 1 N–H and O–H groups in total. The van der Waals surface area contributed by atoms with Crippen LogP contribution < -0.4 is 14.2 Å². The van der Waals surface area contributed by atoms with E-state index in [2.05, 4.69) is 4.85 Å². The maximum absolute atomic E-state index is 15.0. The van der Waals surface area contributed by atoms with Crippen LogP contribution in [0.5, 0.6) is 17.2 Å². The fourth-order valence-electron chi connectivity index (χ4n) is 6.14. The maximum Gasteiger partial charge on any atom is 0.422 e. The predicted octanol–water partition coefficient (Wildman–Crippen LogP) is 6.66. The minimum absolute atomic E-state index is 0.0881. The second-order valence-corrected chi connectivity index (χ2v) is 11.7. The van der Waals surface area contributed by atoms with E-state index in [1.54, 1.807) is 52.8 Å². The number of hydrogen-bond acceptors (Lipinski definition) is 7. The number of carbonyl (C=O) groups excluding carboxylic acids is 1. The number of fused-ring (bicyclic) bond motifs is 1. The van der Waals surface area contributed by atoms with E-state index in [4.69, 9.17) is 25.5 Å². The topological polar surface area (TPSA) is 86.8 Å². The van der Waals surface area contributed by atoms with Crippen molar-refractivity contribution in [3.05, 3.63) is 95.0 Å². The van der Waals surface area contributed by atoms with Crippen LogP contribution in [0.25, 0.3) is 15.7 Å². The van der Waals surface area contributed by atoms with Crippen molar-refractivity contribution in [2.75, 3.05) is 40.5 Å². The van der Waals surface area contributed by atoms with Crippen LogP contribution in [0.1, 0.15) is 36.5 Å². The number of hydrogen-bond donors (Lipinski definition) is 1. The van der Waals surface area contributed by atoms with Gasteiger partial charge in [-0.05, 0) is 49.6 Å². The van der Waals surface area contributed by atoms with Gasteiger partial charge in [-0.3, -0.25) is 9.69 Å². The molecule has 2 heterocycles. The summed E-state index contributed by atoms with van der Waals surface area (Å²) in [5.74, 6) is 1.13. The van der Waals surface area contributed by atoms with Crippen molar-refractivity contribution in [2.45, 2.75) is 50.6 Å². The van der Waals surface area contributed by atoms with E-state index in [9.17, 15) is 23.1 Å². The molecule has 0 saturated carbocycles. The summed E-state index contributed by atoms with van der Waals surface area (Å²) in [6.45, 7) is 9.49. The van der Waals surface area contributed by atoms with Gasteiger partial charge in [-0.15, -0.1) is 0 Å². The van der Waals surface area contributed by atoms with Gasteiger partial charge in [-0.25, -0.2) is 4.85 Å². The van der Waals surface area contributed by atoms with Crippen molar-refractivity contribution in [1.82, 2.24) is 9.47 Å². The van der Waals surface area contributed by atoms with Gasteiger partial charge in [0.1, 0.15) is 11.9 Å². The molecule has 0 amide bonds. The van der Waals surface area contributed by atoms with Gasteiger partial charge in [0, 0.05) is 47.9 Å². The highest BCUT2D eigenvalue weighted by molar-refractivity contribution is 5.88. The monoisotopic (exact) mass is 665 g/mol. The van der Waals surface area contributed by atoms with Crippen LogP contribution in [0.15, 0.2) is 66.9 Å². The summed E-state index contributed by atoms with van der Waals surface area (Å²) in [4.78, 5) is 17.0. The molecule has 0 radical (unpaired) electrons.